The van der Waals surface area contributed by atoms with Crippen LogP contribution in [0.5, 0.6) is 0 Å². The molecule has 0 radical (unpaired) electrons. The molecule has 0 atom stereocenters. The Morgan fingerprint density at radius 2 is 1.65 bits per heavy atom. The third-order valence-corrected chi connectivity index (χ3v) is 8.65. The Bertz CT molecular complexity index is 1380. The number of thiazole rings is 1. The van der Waals surface area contributed by atoms with E-state index in [2.05, 4.69) is 0 Å². The first-order valence-corrected chi connectivity index (χ1v) is 13.4. The lowest BCUT2D eigenvalue weighted by atomic mass is 10.1. The molecule has 1 aromatic heterocycles. The van der Waals surface area contributed by atoms with Crippen molar-refractivity contribution in [1.29, 1.82) is 0 Å². The number of nitrogens with zero attached hydrogens (tertiary/aromatic N) is 2. The highest BCUT2D eigenvalue weighted by Gasteiger charge is 2.22. The topological polar surface area (TPSA) is 67.3 Å². The van der Waals surface area contributed by atoms with Crippen LogP contribution in [0.2, 0.25) is 0 Å². The maximum absolute atomic E-state index is 13.3. The second-order valence-corrected chi connectivity index (χ2v) is 11.3. The van der Waals surface area contributed by atoms with Gasteiger partial charge in [-0.05, 0) is 61.2 Å². The number of fused-ring (bicyclic) bond motifs is 1. The number of halogens is 1. The van der Waals surface area contributed by atoms with E-state index in [1.165, 1.54) is 23.5 Å². The molecule has 0 N–H and O–H groups in total. The predicted octanol–water partition coefficient (Wildman–Crippen LogP) is 5.84. The molecule has 176 valence electrons. The summed E-state index contributed by atoms with van der Waals surface area (Å²) in [5, 5.41) is 0.600. The third-order valence-electron chi connectivity index (χ3n) is 5.62. The van der Waals surface area contributed by atoms with E-state index >= 15 is 0 Å². The minimum absolute atomic E-state index is 0.0552. The minimum Gasteiger partial charge on any atom is -0.284 e. The van der Waals surface area contributed by atoms with Crippen molar-refractivity contribution >= 4 is 42.4 Å². The number of rotatable bonds is 8. The van der Waals surface area contributed by atoms with Gasteiger partial charge in [0.25, 0.3) is 0 Å². The van der Waals surface area contributed by atoms with Crippen LogP contribution >= 0.6 is 11.3 Å². The van der Waals surface area contributed by atoms with Crippen molar-refractivity contribution in [1.82, 2.24) is 4.98 Å². The second-order valence-electron chi connectivity index (χ2n) is 8.22. The summed E-state index contributed by atoms with van der Waals surface area (Å²) in [5.74, 6) is -0.874. The van der Waals surface area contributed by atoms with Gasteiger partial charge in [0.15, 0.2) is 15.0 Å². The van der Waals surface area contributed by atoms with Gasteiger partial charge >= 0.3 is 0 Å². The lowest BCUT2D eigenvalue weighted by Crippen LogP contribution is -2.30. The molecule has 0 aliphatic heterocycles. The minimum atomic E-state index is -3.60. The molecule has 0 aliphatic rings. The van der Waals surface area contributed by atoms with Gasteiger partial charge in [0.1, 0.15) is 5.82 Å². The second kappa shape index (κ2) is 10.0. The highest BCUT2D eigenvalue weighted by molar-refractivity contribution is 7.91. The molecule has 0 unspecified atom stereocenters. The quantitative estimate of drug-likeness (QED) is 0.288. The summed E-state index contributed by atoms with van der Waals surface area (Å²) in [7, 11) is -3.60. The van der Waals surface area contributed by atoms with Gasteiger partial charge in [0, 0.05) is 6.42 Å². The molecular weight excluding hydrogens is 471 g/mol. The van der Waals surface area contributed by atoms with Gasteiger partial charge in [0.2, 0.25) is 5.91 Å². The first-order valence-electron chi connectivity index (χ1n) is 10.9. The summed E-state index contributed by atoms with van der Waals surface area (Å²) in [6.45, 7) is 4.37. The van der Waals surface area contributed by atoms with Crippen molar-refractivity contribution in [2.75, 3.05) is 10.7 Å². The van der Waals surface area contributed by atoms with E-state index in [0.717, 1.165) is 39.0 Å². The van der Waals surface area contributed by atoms with Gasteiger partial charge in [-0.3, -0.25) is 9.69 Å². The summed E-state index contributed by atoms with van der Waals surface area (Å²) in [6, 6.07) is 18.5. The molecular formula is C26H25FN2O3S2. The van der Waals surface area contributed by atoms with Crippen LogP contribution in [0, 0.1) is 19.7 Å². The number of carbonyl (C=O) groups excluding carboxylic acids is 1. The predicted molar refractivity (Wildman–Crippen MR) is 134 cm³/mol. The fourth-order valence-corrected chi connectivity index (χ4v) is 6.14. The molecule has 0 aliphatic carbocycles. The third kappa shape index (κ3) is 5.34. The van der Waals surface area contributed by atoms with Crippen molar-refractivity contribution < 1.29 is 17.6 Å². The Morgan fingerprint density at radius 1 is 0.971 bits per heavy atom. The molecule has 5 nitrogen and oxygen atoms in total. The average Bonchev–Trinajstić information content (AvgIpc) is 3.27. The first kappa shape index (κ1) is 24.0. The molecule has 0 saturated heterocycles. The first-order chi connectivity index (χ1) is 16.2. The van der Waals surface area contributed by atoms with E-state index < -0.39 is 15.7 Å². The molecule has 0 spiro atoms. The summed E-state index contributed by atoms with van der Waals surface area (Å²) in [5.41, 5.74) is 3.98. The standard InChI is InChI=1S/C26H25FN2O3S2/c1-18-10-11-19(2)25-24(18)28-26(33-25)29(17-20-7-4-3-5-8-20)23(30)9-6-16-34(31,32)22-14-12-21(27)13-15-22/h3-5,7-8,10-15H,6,9,16-17H2,1-2H3. The number of carbonyl (C=O) groups is 1. The highest BCUT2D eigenvalue weighted by atomic mass is 32.2. The molecule has 8 heteroatoms. The Kier molecular flexibility index (Phi) is 7.09. The van der Waals surface area contributed by atoms with E-state index in [4.69, 9.17) is 4.98 Å². The average molecular weight is 497 g/mol. The highest BCUT2D eigenvalue weighted by Crippen LogP contribution is 2.34. The zero-order chi connectivity index (χ0) is 24.3. The van der Waals surface area contributed by atoms with Crippen molar-refractivity contribution in [3.05, 3.63) is 89.2 Å². The Morgan fingerprint density at radius 3 is 2.32 bits per heavy atom. The van der Waals surface area contributed by atoms with E-state index in [0.29, 0.717) is 11.7 Å². The number of aromatic nitrogens is 1. The Labute approximate surface area is 202 Å². The molecule has 1 heterocycles. The van der Waals surface area contributed by atoms with E-state index in [1.807, 2.05) is 56.3 Å². The van der Waals surface area contributed by atoms with Gasteiger partial charge in [-0.2, -0.15) is 0 Å². The van der Waals surface area contributed by atoms with Gasteiger partial charge in [-0.15, -0.1) is 0 Å². The number of hydrogen-bond acceptors (Lipinski definition) is 5. The smallest absolute Gasteiger partial charge is 0.229 e. The van der Waals surface area contributed by atoms with Gasteiger partial charge < -0.3 is 0 Å². The fraction of sp³-hybridized carbons (Fsp3) is 0.231. The van der Waals surface area contributed by atoms with Crippen LogP contribution in [0.25, 0.3) is 10.2 Å². The monoisotopic (exact) mass is 496 g/mol. The molecule has 34 heavy (non-hydrogen) atoms. The van der Waals surface area contributed by atoms with Crippen LogP contribution in [-0.2, 0) is 21.2 Å². The molecule has 4 rings (SSSR count). The lowest BCUT2D eigenvalue weighted by Gasteiger charge is -2.20. The van der Waals surface area contributed by atoms with E-state index in [9.17, 15) is 17.6 Å². The molecule has 3 aromatic carbocycles. The van der Waals surface area contributed by atoms with Crippen molar-refractivity contribution in [2.45, 2.75) is 38.1 Å². The summed E-state index contributed by atoms with van der Waals surface area (Å²) >= 11 is 1.47. The summed E-state index contributed by atoms with van der Waals surface area (Å²) in [4.78, 5) is 19.8. The van der Waals surface area contributed by atoms with Crippen LogP contribution in [0.3, 0.4) is 0 Å². The van der Waals surface area contributed by atoms with Crippen molar-refractivity contribution in [3.8, 4) is 0 Å². The van der Waals surface area contributed by atoms with Gasteiger partial charge in [-0.1, -0.05) is 53.8 Å². The summed E-state index contributed by atoms with van der Waals surface area (Å²) in [6.07, 6.45) is 0.216. The van der Waals surface area contributed by atoms with Crippen molar-refractivity contribution in [2.24, 2.45) is 0 Å². The van der Waals surface area contributed by atoms with E-state index in [1.54, 1.807) is 4.90 Å². The number of aryl methyl sites for hydroxylation is 2. The maximum Gasteiger partial charge on any atom is 0.229 e. The molecule has 0 saturated carbocycles. The number of amides is 1. The largest absolute Gasteiger partial charge is 0.284 e. The van der Waals surface area contributed by atoms with Crippen LogP contribution in [-0.4, -0.2) is 25.1 Å². The molecule has 0 fully saturated rings. The zero-order valence-corrected chi connectivity index (χ0v) is 20.6. The number of hydrogen-bond donors (Lipinski definition) is 0. The van der Waals surface area contributed by atoms with Crippen LogP contribution in [0.4, 0.5) is 9.52 Å². The SMILES string of the molecule is Cc1ccc(C)c2sc(N(Cc3ccccc3)C(=O)CCCS(=O)(=O)c3ccc(F)cc3)nc12. The zero-order valence-electron chi connectivity index (χ0n) is 19.0. The van der Waals surface area contributed by atoms with Crippen LogP contribution in [0.15, 0.2) is 71.6 Å². The normalized spacial score (nSPS) is 11.6. The molecule has 4 aromatic rings. The summed E-state index contributed by atoms with van der Waals surface area (Å²) < 4.78 is 39.4. The van der Waals surface area contributed by atoms with Crippen molar-refractivity contribution in [3.63, 3.8) is 0 Å². The Balaban J connectivity index is 1.55. The van der Waals surface area contributed by atoms with Gasteiger partial charge in [0.05, 0.1) is 27.4 Å². The lowest BCUT2D eigenvalue weighted by molar-refractivity contribution is -0.118. The van der Waals surface area contributed by atoms with Gasteiger partial charge in [-0.25, -0.2) is 17.8 Å². The fourth-order valence-electron chi connectivity index (χ4n) is 3.70. The van der Waals surface area contributed by atoms with Crippen LogP contribution < -0.4 is 4.90 Å². The van der Waals surface area contributed by atoms with Crippen LogP contribution in [0.1, 0.15) is 29.5 Å². The van der Waals surface area contributed by atoms with E-state index in [-0.39, 0.29) is 29.4 Å². The number of benzene rings is 3. The maximum atomic E-state index is 13.3. The Hall–Kier alpha value is -3.10. The molecule has 0 bridgehead atoms. The number of sulfone groups is 1. The number of anilines is 1. The molecule has 1 amide bonds.